The van der Waals surface area contributed by atoms with E-state index < -0.39 is 6.04 Å². The molecule has 0 radical (unpaired) electrons. The number of aryl methyl sites for hydroxylation is 1. The number of rotatable bonds is 4. The van der Waals surface area contributed by atoms with Crippen LogP contribution < -0.4 is 10.5 Å². The fraction of sp³-hybridized carbons (Fsp3) is 0.308. The number of methoxy groups -OCH3 is 1. The van der Waals surface area contributed by atoms with Crippen molar-refractivity contribution < 1.29 is 4.74 Å². The molecule has 0 bridgehead atoms. The van der Waals surface area contributed by atoms with Gasteiger partial charge in [0.1, 0.15) is 5.69 Å². The van der Waals surface area contributed by atoms with E-state index in [0.29, 0.717) is 22.3 Å². The summed E-state index contributed by atoms with van der Waals surface area (Å²) in [6.07, 6.45) is 1.65. The van der Waals surface area contributed by atoms with Gasteiger partial charge >= 0.3 is 0 Å². The highest BCUT2D eigenvalue weighted by Crippen LogP contribution is 2.35. The van der Waals surface area contributed by atoms with Crippen LogP contribution in [0.3, 0.4) is 0 Å². The van der Waals surface area contributed by atoms with Crippen molar-refractivity contribution in [2.24, 2.45) is 5.73 Å². The van der Waals surface area contributed by atoms with E-state index in [2.05, 4.69) is 5.10 Å². The van der Waals surface area contributed by atoms with Crippen LogP contribution in [-0.2, 0) is 6.54 Å². The van der Waals surface area contributed by atoms with Crippen LogP contribution in [0.1, 0.15) is 24.2 Å². The van der Waals surface area contributed by atoms with E-state index in [-0.39, 0.29) is 0 Å². The molecule has 0 aliphatic heterocycles. The number of aromatic nitrogens is 2. The Labute approximate surface area is 122 Å². The first kappa shape index (κ1) is 14.2. The molecule has 4 nitrogen and oxygen atoms in total. The van der Waals surface area contributed by atoms with Crippen LogP contribution in [0.4, 0.5) is 0 Å². The van der Waals surface area contributed by atoms with Crippen LogP contribution in [0.25, 0.3) is 0 Å². The molecule has 6 heteroatoms. The summed E-state index contributed by atoms with van der Waals surface area (Å²) in [7, 11) is 1.59. The molecule has 2 rings (SSSR count). The van der Waals surface area contributed by atoms with Crippen LogP contribution >= 0.6 is 23.2 Å². The van der Waals surface area contributed by atoms with Crippen molar-refractivity contribution in [3.63, 3.8) is 0 Å². The van der Waals surface area contributed by atoms with Crippen molar-refractivity contribution >= 4 is 23.2 Å². The highest BCUT2D eigenvalue weighted by molar-refractivity contribution is 6.42. The number of benzene rings is 1. The van der Waals surface area contributed by atoms with Crippen LogP contribution in [0.15, 0.2) is 24.4 Å². The lowest BCUT2D eigenvalue weighted by atomic mass is 10.0. The lowest BCUT2D eigenvalue weighted by Gasteiger charge is -2.17. The zero-order valence-corrected chi connectivity index (χ0v) is 12.2. The maximum absolute atomic E-state index is 6.30. The van der Waals surface area contributed by atoms with Gasteiger partial charge in [0, 0.05) is 6.54 Å². The Bertz CT molecular complexity index is 562. The third-order valence-corrected chi connectivity index (χ3v) is 3.81. The minimum absolute atomic E-state index is 0.441. The van der Waals surface area contributed by atoms with Crippen molar-refractivity contribution in [3.05, 3.63) is 45.7 Å². The molecule has 1 aromatic heterocycles. The van der Waals surface area contributed by atoms with Crippen molar-refractivity contribution in [2.75, 3.05) is 7.11 Å². The minimum atomic E-state index is -0.441. The van der Waals surface area contributed by atoms with Crippen LogP contribution in [0.5, 0.6) is 5.75 Å². The van der Waals surface area contributed by atoms with Gasteiger partial charge in [-0.05, 0) is 18.6 Å². The lowest BCUT2D eigenvalue weighted by Crippen LogP contribution is -2.18. The molecule has 1 atom stereocenters. The van der Waals surface area contributed by atoms with Crippen LogP contribution in [-0.4, -0.2) is 16.9 Å². The average Bonchev–Trinajstić information content (AvgIpc) is 2.84. The summed E-state index contributed by atoms with van der Waals surface area (Å²) < 4.78 is 7.09. The second kappa shape index (κ2) is 5.82. The van der Waals surface area contributed by atoms with E-state index in [1.54, 1.807) is 24.1 Å². The topological polar surface area (TPSA) is 53.1 Å². The highest BCUT2D eigenvalue weighted by Gasteiger charge is 2.22. The maximum atomic E-state index is 6.30. The first-order valence-electron chi connectivity index (χ1n) is 5.89. The largest absolute Gasteiger partial charge is 0.493 e. The summed E-state index contributed by atoms with van der Waals surface area (Å²) in [4.78, 5) is 0. The summed E-state index contributed by atoms with van der Waals surface area (Å²) in [5.74, 6) is 0.644. The summed E-state index contributed by atoms with van der Waals surface area (Å²) >= 11 is 12.2. The van der Waals surface area contributed by atoms with Gasteiger partial charge in [0.2, 0.25) is 0 Å². The molecule has 2 N–H and O–H groups in total. The van der Waals surface area contributed by atoms with E-state index in [0.717, 1.165) is 11.3 Å². The molecular weight excluding hydrogens is 285 g/mol. The van der Waals surface area contributed by atoms with Gasteiger partial charge in [0.25, 0.3) is 0 Å². The minimum Gasteiger partial charge on any atom is -0.493 e. The van der Waals surface area contributed by atoms with Crippen molar-refractivity contribution in [1.29, 1.82) is 0 Å². The van der Waals surface area contributed by atoms with Gasteiger partial charge in [-0.3, -0.25) is 4.68 Å². The van der Waals surface area contributed by atoms with Gasteiger partial charge in [-0.15, -0.1) is 0 Å². The van der Waals surface area contributed by atoms with Crippen molar-refractivity contribution in [3.8, 4) is 5.75 Å². The summed E-state index contributed by atoms with van der Waals surface area (Å²) in [5.41, 5.74) is 7.84. The third kappa shape index (κ3) is 2.56. The SMILES string of the molecule is CCn1ncc(OC)c1C(N)c1cccc(Cl)c1Cl. The maximum Gasteiger partial charge on any atom is 0.161 e. The molecule has 1 unspecified atom stereocenters. The number of hydrogen-bond acceptors (Lipinski definition) is 3. The Kier molecular flexibility index (Phi) is 4.34. The first-order chi connectivity index (χ1) is 9.10. The van der Waals surface area contributed by atoms with Gasteiger partial charge in [-0.25, -0.2) is 0 Å². The number of nitrogens with zero attached hydrogens (tertiary/aromatic N) is 2. The zero-order valence-electron chi connectivity index (χ0n) is 10.7. The second-order valence-electron chi connectivity index (χ2n) is 4.03. The molecule has 19 heavy (non-hydrogen) atoms. The Morgan fingerprint density at radius 1 is 1.42 bits per heavy atom. The van der Waals surface area contributed by atoms with Gasteiger partial charge in [-0.2, -0.15) is 5.10 Å². The Balaban J connectivity index is 2.52. The Morgan fingerprint density at radius 3 is 2.79 bits per heavy atom. The number of halogens is 2. The number of hydrogen-bond donors (Lipinski definition) is 1. The third-order valence-electron chi connectivity index (χ3n) is 2.98. The normalized spacial score (nSPS) is 12.5. The second-order valence-corrected chi connectivity index (χ2v) is 4.82. The predicted molar refractivity (Wildman–Crippen MR) is 76.9 cm³/mol. The molecule has 0 aliphatic rings. The van der Waals surface area contributed by atoms with Gasteiger partial charge in [-0.1, -0.05) is 35.3 Å². The molecule has 1 heterocycles. The van der Waals surface area contributed by atoms with E-state index in [1.807, 2.05) is 19.1 Å². The number of nitrogens with two attached hydrogens (primary N) is 1. The van der Waals surface area contributed by atoms with Gasteiger partial charge in [0.15, 0.2) is 5.75 Å². The summed E-state index contributed by atoms with van der Waals surface area (Å²) in [6.45, 7) is 2.69. The molecule has 0 aliphatic carbocycles. The van der Waals surface area contributed by atoms with E-state index in [1.165, 1.54) is 0 Å². The number of ether oxygens (including phenoxy) is 1. The standard InChI is InChI=1S/C13H15Cl2N3O/c1-3-18-13(10(19-2)7-17-18)12(16)8-5-4-6-9(14)11(8)15/h4-7,12H,3,16H2,1-2H3. The Hall–Kier alpha value is -1.23. The molecule has 2 aromatic rings. The molecule has 0 saturated carbocycles. The highest BCUT2D eigenvalue weighted by atomic mass is 35.5. The van der Waals surface area contributed by atoms with Gasteiger partial charge in [0.05, 0.1) is 29.4 Å². The molecule has 0 spiro atoms. The molecule has 0 amide bonds. The smallest absolute Gasteiger partial charge is 0.161 e. The molecular formula is C13H15Cl2N3O. The van der Waals surface area contributed by atoms with E-state index in [4.69, 9.17) is 33.7 Å². The quantitative estimate of drug-likeness (QED) is 0.943. The first-order valence-corrected chi connectivity index (χ1v) is 6.64. The van der Waals surface area contributed by atoms with Crippen LogP contribution in [0.2, 0.25) is 10.0 Å². The molecule has 0 fully saturated rings. The van der Waals surface area contributed by atoms with E-state index in [9.17, 15) is 0 Å². The zero-order chi connectivity index (χ0) is 14.0. The predicted octanol–water partition coefficient (Wildman–Crippen LogP) is 3.27. The van der Waals surface area contributed by atoms with E-state index >= 15 is 0 Å². The van der Waals surface area contributed by atoms with Gasteiger partial charge < -0.3 is 10.5 Å². The fourth-order valence-electron chi connectivity index (χ4n) is 2.01. The summed E-state index contributed by atoms with van der Waals surface area (Å²) in [6, 6.07) is 4.96. The van der Waals surface area contributed by atoms with Crippen molar-refractivity contribution in [2.45, 2.75) is 19.5 Å². The molecule has 102 valence electrons. The monoisotopic (exact) mass is 299 g/mol. The fourth-order valence-corrected chi connectivity index (χ4v) is 2.43. The average molecular weight is 300 g/mol. The Morgan fingerprint density at radius 2 is 2.16 bits per heavy atom. The summed E-state index contributed by atoms with van der Waals surface area (Å²) in [5, 5.41) is 5.18. The molecule has 0 saturated heterocycles. The van der Waals surface area contributed by atoms with Crippen molar-refractivity contribution in [1.82, 2.24) is 9.78 Å². The van der Waals surface area contributed by atoms with Crippen LogP contribution in [0, 0.1) is 0 Å². The lowest BCUT2D eigenvalue weighted by molar-refractivity contribution is 0.404. The molecule has 1 aromatic carbocycles.